The van der Waals surface area contributed by atoms with Crippen LogP contribution in [-0.2, 0) is 0 Å². The number of para-hydroxylation sites is 3. The highest BCUT2D eigenvalue weighted by molar-refractivity contribution is 5.95. The van der Waals surface area contributed by atoms with E-state index in [1.807, 2.05) is 36.4 Å². The van der Waals surface area contributed by atoms with Crippen LogP contribution in [0, 0.1) is 11.3 Å². The number of fused-ring (bicyclic) bond motifs is 7. The SMILES string of the molecule is N#Cc1cccc(-c2cc(-c3ccccc3)nc(-c3ccc(-n4c5c(c6ccccc64)C=CC4c6ccccc6N(c6ccccc6)C54)cc3)c2)c1. The van der Waals surface area contributed by atoms with Gasteiger partial charge in [0.05, 0.1) is 40.3 Å². The molecule has 4 nitrogen and oxygen atoms in total. The molecule has 1 aliphatic carbocycles. The molecule has 2 unspecified atom stereocenters. The molecule has 0 spiro atoms. The van der Waals surface area contributed by atoms with Gasteiger partial charge in [0.25, 0.3) is 0 Å². The molecule has 0 saturated heterocycles. The smallest absolute Gasteiger partial charge is 0.0991 e. The van der Waals surface area contributed by atoms with Crippen molar-refractivity contribution in [3.05, 3.63) is 198 Å². The van der Waals surface area contributed by atoms with Crippen molar-refractivity contribution in [3.8, 4) is 45.4 Å². The van der Waals surface area contributed by atoms with Gasteiger partial charge in [0.1, 0.15) is 0 Å². The van der Waals surface area contributed by atoms with E-state index in [-0.39, 0.29) is 12.0 Å². The number of pyridine rings is 1. The fraction of sp³-hybridized carbons (Fsp3) is 0.0417. The van der Waals surface area contributed by atoms with Gasteiger partial charge in [-0.3, -0.25) is 0 Å². The summed E-state index contributed by atoms with van der Waals surface area (Å²) in [6, 6.07) is 62.0. The van der Waals surface area contributed by atoms with Crippen LogP contribution in [-0.4, -0.2) is 9.55 Å². The van der Waals surface area contributed by atoms with Crippen LogP contribution in [0.2, 0.25) is 0 Å². The summed E-state index contributed by atoms with van der Waals surface area (Å²) in [7, 11) is 0. The lowest BCUT2D eigenvalue weighted by Crippen LogP contribution is -2.26. The Hall–Kier alpha value is -6.96. The molecule has 2 aromatic heterocycles. The second kappa shape index (κ2) is 12.1. The van der Waals surface area contributed by atoms with Gasteiger partial charge in [0, 0.05) is 45.1 Å². The summed E-state index contributed by atoms with van der Waals surface area (Å²) in [4.78, 5) is 7.71. The molecule has 3 heterocycles. The minimum Gasteiger partial charge on any atom is -0.331 e. The second-order valence-corrected chi connectivity index (χ2v) is 13.5. The zero-order valence-corrected chi connectivity index (χ0v) is 28.3. The predicted molar refractivity (Wildman–Crippen MR) is 212 cm³/mol. The summed E-state index contributed by atoms with van der Waals surface area (Å²) >= 11 is 0. The Bertz CT molecular complexity index is 2700. The fourth-order valence-corrected chi connectivity index (χ4v) is 8.24. The third-order valence-electron chi connectivity index (χ3n) is 10.6. The number of nitriles is 1. The van der Waals surface area contributed by atoms with E-state index < -0.39 is 0 Å². The molecule has 0 bridgehead atoms. The summed E-state index contributed by atoms with van der Waals surface area (Å²) < 4.78 is 2.48. The standard InChI is InChI=1S/C48H32N4/c49-31-32-12-11-15-35(28-32)36-29-43(33-13-3-1-4-14-33)50-44(30-36)34-22-24-38(25-23-34)52-46-21-10-8-19-40(46)42-27-26-41-39-18-7-9-20-45(39)51(47(41)48(42)52)37-16-5-2-6-17-37/h1-30,41,47H. The van der Waals surface area contributed by atoms with Crippen molar-refractivity contribution in [2.24, 2.45) is 0 Å². The molecule has 6 aromatic carbocycles. The maximum atomic E-state index is 9.62. The topological polar surface area (TPSA) is 44.9 Å². The van der Waals surface area contributed by atoms with Crippen molar-refractivity contribution >= 4 is 28.4 Å². The van der Waals surface area contributed by atoms with Crippen LogP contribution in [0.3, 0.4) is 0 Å². The van der Waals surface area contributed by atoms with Crippen molar-refractivity contribution in [2.45, 2.75) is 12.0 Å². The van der Waals surface area contributed by atoms with Crippen LogP contribution < -0.4 is 4.90 Å². The van der Waals surface area contributed by atoms with Gasteiger partial charge in [-0.15, -0.1) is 0 Å². The minimum absolute atomic E-state index is 0.0860. The predicted octanol–water partition coefficient (Wildman–Crippen LogP) is 11.9. The zero-order chi connectivity index (χ0) is 34.6. The zero-order valence-electron chi connectivity index (χ0n) is 28.3. The van der Waals surface area contributed by atoms with E-state index in [0.29, 0.717) is 5.56 Å². The van der Waals surface area contributed by atoms with Crippen molar-refractivity contribution in [1.82, 2.24) is 9.55 Å². The molecule has 0 N–H and O–H groups in total. The van der Waals surface area contributed by atoms with Crippen LogP contribution in [0.4, 0.5) is 11.4 Å². The first-order valence-electron chi connectivity index (χ1n) is 17.7. The Morgan fingerprint density at radius 3 is 2.02 bits per heavy atom. The third kappa shape index (κ3) is 4.79. The molecular formula is C48H32N4. The van der Waals surface area contributed by atoms with Crippen molar-refractivity contribution in [3.63, 3.8) is 0 Å². The molecule has 244 valence electrons. The Labute approximate surface area is 302 Å². The van der Waals surface area contributed by atoms with Gasteiger partial charge in [0.2, 0.25) is 0 Å². The average molecular weight is 665 g/mol. The first-order chi connectivity index (χ1) is 25.7. The number of benzene rings is 6. The molecular weight excluding hydrogens is 633 g/mol. The molecule has 10 rings (SSSR count). The summed E-state index contributed by atoms with van der Waals surface area (Å²) in [5.41, 5.74) is 15.2. The number of anilines is 2. The number of hydrogen-bond donors (Lipinski definition) is 0. The van der Waals surface area contributed by atoms with Gasteiger partial charge in [-0.25, -0.2) is 4.98 Å². The number of hydrogen-bond acceptors (Lipinski definition) is 3. The summed E-state index contributed by atoms with van der Waals surface area (Å²) in [6.07, 6.45) is 4.75. The number of aromatic nitrogens is 2. The van der Waals surface area contributed by atoms with E-state index in [9.17, 15) is 5.26 Å². The maximum Gasteiger partial charge on any atom is 0.0991 e. The average Bonchev–Trinajstić information content (AvgIpc) is 3.75. The molecule has 0 amide bonds. The van der Waals surface area contributed by atoms with E-state index in [0.717, 1.165) is 39.3 Å². The molecule has 8 aromatic rings. The number of nitrogens with zero attached hydrogens (tertiary/aromatic N) is 4. The molecule has 0 radical (unpaired) electrons. The van der Waals surface area contributed by atoms with Crippen LogP contribution >= 0.6 is 0 Å². The minimum atomic E-state index is 0.0860. The summed E-state index contributed by atoms with van der Waals surface area (Å²) in [6.45, 7) is 0. The lowest BCUT2D eigenvalue weighted by molar-refractivity contribution is 0.636. The van der Waals surface area contributed by atoms with Crippen LogP contribution in [0.1, 0.15) is 34.3 Å². The van der Waals surface area contributed by atoms with Gasteiger partial charge >= 0.3 is 0 Å². The van der Waals surface area contributed by atoms with Gasteiger partial charge in [-0.1, -0.05) is 121 Å². The van der Waals surface area contributed by atoms with Gasteiger partial charge < -0.3 is 9.47 Å². The quantitative estimate of drug-likeness (QED) is 0.184. The van der Waals surface area contributed by atoms with E-state index >= 15 is 0 Å². The van der Waals surface area contributed by atoms with E-state index in [2.05, 4.69) is 161 Å². The van der Waals surface area contributed by atoms with Crippen molar-refractivity contribution < 1.29 is 0 Å². The Balaban J connectivity index is 1.13. The molecule has 0 saturated carbocycles. The van der Waals surface area contributed by atoms with Crippen LogP contribution in [0.25, 0.3) is 56.3 Å². The van der Waals surface area contributed by atoms with E-state index in [4.69, 9.17) is 4.98 Å². The fourth-order valence-electron chi connectivity index (χ4n) is 8.24. The summed E-state index contributed by atoms with van der Waals surface area (Å²) in [5.74, 6) is 0.217. The molecule has 52 heavy (non-hydrogen) atoms. The Morgan fingerprint density at radius 1 is 0.558 bits per heavy atom. The van der Waals surface area contributed by atoms with Crippen LogP contribution in [0.5, 0.6) is 0 Å². The van der Waals surface area contributed by atoms with E-state index in [1.54, 1.807) is 0 Å². The molecule has 2 aliphatic rings. The number of rotatable bonds is 5. The monoisotopic (exact) mass is 664 g/mol. The summed E-state index contributed by atoms with van der Waals surface area (Å²) in [5, 5.41) is 10.9. The third-order valence-corrected chi connectivity index (χ3v) is 10.6. The molecule has 4 heteroatoms. The van der Waals surface area contributed by atoms with Gasteiger partial charge in [-0.05, 0) is 77.4 Å². The lowest BCUT2D eigenvalue weighted by atomic mass is 9.86. The highest BCUT2D eigenvalue weighted by Crippen LogP contribution is 2.57. The van der Waals surface area contributed by atoms with Gasteiger partial charge in [-0.2, -0.15) is 5.26 Å². The molecule has 1 aliphatic heterocycles. The maximum absolute atomic E-state index is 9.62. The first-order valence-corrected chi connectivity index (χ1v) is 17.7. The van der Waals surface area contributed by atoms with Crippen molar-refractivity contribution in [1.29, 1.82) is 5.26 Å². The highest BCUT2D eigenvalue weighted by atomic mass is 15.2. The normalized spacial score (nSPS) is 15.6. The lowest BCUT2D eigenvalue weighted by Gasteiger charge is -2.33. The molecule has 0 fully saturated rings. The second-order valence-electron chi connectivity index (χ2n) is 13.5. The van der Waals surface area contributed by atoms with Crippen molar-refractivity contribution in [2.75, 3.05) is 4.90 Å². The van der Waals surface area contributed by atoms with Gasteiger partial charge in [0.15, 0.2) is 0 Å². The molecule has 2 atom stereocenters. The Kier molecular flexibility index (Phi) is 6.97. The Morgan fingerprint density at radius 2 is 1.23 bits per heavy atom. The van der Waals surface area contributed by atoms with Crippen LogP contribution in [0.15, 0.2) is 176 Å². The first kappa shape index (κ1) is 29.9. The van der Waals surface area contributed by atoms with E-state index in [1.165, 1.54) is 39.1 Å². The highest BCUT2D eigenvalue weighted by Gasteiger charge is 2.44. The largest absolute Gasteiger partial charge is 0.331 e.